The third-order valence-corrected chi connectivity index (χ3v) is 6.42. The molecule has 186 valence electrons. The molecule has 2 amide bonds. The highest BCUT2D eigenvalue weighted by molar-refractivity contribution is 7.98. The molecule has 0 saturated heterocycles. The number of carbonyl (C=O) groups is 2. The zero-order valence-corrected chi connectivity index (χ0v) is 21.2. The van der Waals surface area contributed by atoms with E-state index in [9.17, 15) is 9.59 Å². The van der Waals surface area contributed by atoms with Crippen molar-refractivity contribution in [2.24, 2.45) is 0 Å². The summed E-state index contributed by atoms with van der Waals surface area (Å²) in [4.78, 5) is 28.6. The van der Waals surface area contributed by atoms with Crippen molar-refractivity contribution in [3.8, 4) is 17.2 Å². The first kappa shape index (κ1) is 25.2. The monoisotopic (exact) mass is 504 g/mol. The molecule has 0 radical (unpaired) electrons. The van der Waals surface area contributed by atoms with Gasteiger partial charge in [0.25, 0.3) is 0 Å². The second-order valence-electron chi connectivity index (χ2n) is 7.97. The van der Waals surface area contributed by atoms with Gasteiger partial charge < -0.3 is 19.5 Å². The quantitative estimate of drug-likeness (QED) is 0.293. The van der Waals surface area contributed by atoms with Crippen molar-refractivity contribution >= 4 is 23.8 Å². The maximum Gasteiger partial charge on any atom is 0.338 e. The van der Waals surface area contributed by atoms with Gasteiger partial charge in [0.1, 0.15) is 23.9 Å². The number of esters is 1. The van der Waals surface area contributed by atoms with Gasteiger partial charge in [0, 0.05) is 11.9 Å². The van der Waals surface area contributed by atoms with Gasteiger partial charge in [-0.3, -0.25) is 4.90 Å². The molecule has 0 fully saturated rings. The van der Waals surface area contributed by atoms with Crippen LogP contribution in [0.15, 0.2) is 95.0 Å². The number of urea groups is 1. The van der Waals surface area contributed by atoms with Crippen LogP contribution in [0.3, 0.4) is 0 Å². The Balaban J connectivity index is 1.68. The summed E-state index contributed by atoms with van der Waals surface area (Å²) in [6.45, 7) is 1.97. The van der Waals surface area contributed by atoms with Crippen molar-refractivity contribution in [1.29, 1.82) is 0 Å². The Bertz CT molecular complexity index is 1240. The molecule has 1 atom stereocenters. The van der Waals surface area contributed by atoms with Crippen molar-refractivity contribution < 1.29 is 23.8 Å². The summed E-state index contributed by atoms with van der Waals surface area (Å²) in [5.41, 5.74) is 1.44. The number of likely N-dealkylation sites (N-methyl/N-ethyl adjacent to an activating group) is 1. The highest BCUT2D eigenvalue weighted by atomic mass is 32.2. The average molecular weight is 505 g/mol. The zero-order chi connectivity index (χ0) is 25.5. The van der Waals surface area contributed by atoms with Crippen LogP contribution in [0.1, 0.15) is 18.5 Å². The van der Waals surface area contributed by atoms with Gasteiger partial charge in [-0.25, -0.2) is 9.59 Å². The van der Waals surface area contributed by atoms with Gasteiger partial charge in [0.05, 0.1) is 23.9 Å². The largest absolute Gasteiger partial charge is 0.487 e. The van der Waals surface area contributed by atoms with Crippen LogP contribution < -0.4 is 14.8 Å². The molecule has 1 aliphatic rings. The van der Waals surface area contributed by atoms with Gasteiger partial charge in [-0.2, -0.15) is 0 Å². The zero-order valence-electron chi connectivity index (χ0n) is 20.4. The lowest BCUT2D eigenvalue weighted by atomic mass is 9.94. The number of para-hydroxylation sites is 1. The number of nitrogens with one attached hydrogen (secondary N) is 1. The molecule has 0 spiro atoms. The first-order valence-corrected chi connectivity index (χ1v) is 12.8. The van der Waals surface area contributed by atoms with E-state index in [0.717, 1.165) is 4.90 Å². The minimum atomic E-state index is -0.732. The number of hydrogen-bond acceptors (Lipinski definition) is 6. The first-order chi connectivity index (χ1) is 17.5. The molecule has 3 aromatic rings. The first-order valence-electron chi connectivity index (χ1n) is 11.5. The summed E-state index contributed by atoms with van der Waals surface area (Å²) in [5, 5.41) is 2.92. The van der Waals surface area contributed by atoms with Crippen molar-refractivity contribution in [1.82, 2.24) is 10.2 Å². The predicted molar refractivity (Wildman–Crippen MR) is 139 cm³/mol. The fourth-order valence-corrected chi connectivity index (χ4v) is 4.25. The van der Waals surface area contributed by atoms with E-state index >= 15 is 0 Å². The van der Waals surface area contributed by atoms with E-state index in [1.807, 2.05) is 85.1 Å². The van der Waals surface area contributed by atoms with Gasteiger partial charge in [-0.15, -0.1) is 11.8 Å². The minimum Gasteiger partial charge on any atom is -0.487 e. The topological polar surface area (TPSA) is 77.1 Å². The summed E-state index contributed by atoms with van der Waals surface area (Å²) in [7, 11) is 1.61. The number of benzene rings is 3. The van der Waals surface area contributed by atoms with E-state index in [1.54, 1.807) is 25.7 Å². The number of ether oxygens (including phenoxy) is 3. The molecule has 1 heterocycles. The van der Waals surface area contributed by atoms with Crippen molar-refractivity contribution in [3.05, 3.63) is 95.7 Å². The van der Waals surface area contributed by atoms with Crippen LogP contribution >= 0.6 is 11.8 Å². The van der Waals surface area contributed by atoms with Crippen molar-refractivity contribution in [2.45, 2.75) is 17.9 Å². The highest BCUT2D eigenvalue weighted by Crippen LogP contribution is 2.34. The standard InChI is InChI=1S/C28H28N2O5S/c1-4-33-27(31)25-24(18-34-20-13-15-23(36-3)16-14-20)30(2)28(32)29-26(25)19-9-8-12-22(17-19)35-21-10-6-5-7-11-21/h5-17,26H,4,18H2,1-3H3,(H,29,32). The number of amides is 2. The Morgan fingerprint density at radius 2 is 1.69 bits per heavy atom. The Morgan fingerprint density at radius 3 is 2.39 bits per heavy atom. The van der Waals surface area contributed by atoms with Crippen LogP contribution in [0, 0.1) is 0 Å². The Labute approximate surface area is 215 Å². The van der Waals surface area contributed by atoms with Gasteiger partial charge in [0.2, 0.25) is 0 Å². The van der Waals surface area contributed by atoms with Crippen LogP contribution in [0.4, 0.5) is 4.79 Å². The summed E-state index contributed by atoms with van der Waals surface area (Å²) in [6.07, 6.45) is 2.00. The molecule has 0 bridgehead atoms. The van der Waals surface area contributed by atoms with E-state index in [1.165, 1.54) is 4.90 Å². The number of nitrogens with zero attached hydrogens (tertiary/aromatic N) is 1. The molecule has 0 saturated carbocycles. The van der Waals surface area contributed by atoms with Crippen LogP contribution in [0.25, 0.3) is 0 Å². The number of hydrogen-bond donors (Lipinski definition) is 1. The van der Waals surface area contributed by atoms with Gasteiger partial charge in [-0.05, 0) is 67.3 Å². The Kier molecular flexibility index (Phi) is 8.17. The SMILES string of the molecule is CCOC(=O)C1=C(COc2ccc(SC)cc2)N(C)C(=O)NC1c1cccc(Oc2ccccc2)c1. The van der Waals surface area contributed by atoms with Crippen LogP contribution in [-0.2, 0) is 9.53 Å². The molecule has 4 rings (SSSR count). The third-order valence-electron chi connectivity index (χ3n) is 5.68. The van der Waals surface area contributed by atoms with E-state index in [0.29, 0.717) is 34.1 Å². The normalized spacial score (nSPS) is 15.4. The van der Waals surface area contributed by atoms with E-state index in [-0.39, 0.29) is 19.2 Å². The summed E-state index contributed by atoms with van der Waals surface area (Å²) >= 11 is 1.64. The molecule has 8 heteroatoms. The van der Waals surface area contributed by atoms with Crippen molar-refractivity contribution in [2.75, 3.05) is 26.5 Å². The molecule has 3 aromatic carbocycles. The number of thioether (sulfide) groups is 1. The van der Waals surface area contributed by atoms with Crippen LogP contribution in [0.2, 0.25) is 0 Å². The van der Waals surface area contributed by atoms with Gasteiger partial charge in [0.15, 0.2) is 0 Å². The minimum absolute atomic E-state index is 0.0212. The Hall–Kier alpha value is -3.91. The molecule has 1 unspecified atom stereocenters. The van der Waals surface area contributed by atoms with E-state index in [2.05, 4.69) is 5.32 Å². The second-order valence-corrected chi connectivity index (χ2v) is 8.85. The van der Waals surface area contributed by atoms with Gasteiger partial charge >= 0.3 is 12.0 Å². The maximum atomic E-state index is 13.2. The van der Waals surface area contributed by atoms with Crippen LogP contribution in [0.5, 0.6) is 17.2 Å². The maximum absolute atomic E-state index is 13.2. The molecule has 7 nitrogen and oxygen atoms in total. The number of rotatable bonds is 9. The van der Waals surface area contributed by atoms with E-state index < -0.39 is 12.0 Å². The fraction of sp³-hybridized carbons (Fsp3) is 0.214. The smallest absolute Gasteiger partial charge is 0.338 e. The fourth-order valence-electron chi connectivity index (χ4n) is 3.84. The molecule has 1 aliphatic heterocycles. The molecule has 1 N–H and O–H groups in total. The lowest BCUT2D eigenvalue weighted by molar-refractivity contribution is -0.139. The molecule has 36 heavy (non-hydrogen) atoms. The second kappa shape index (κ2) is 11.7. The molecular formula is C28H28N2O5S. The van der Waals surface area contributed by atoms with E-state index in [4.69, 9.17) is 14.2 Å². The lowest BCUT2D eigenvalue weighted by Crippen LogP contribution is -2.48. The lowest BCUT2D eigenvalue weighted by Gasteiger charge is -2.34. The third kappa shape index (κ3) is 5.83. The average Bonchev–Trinajstić information content (AvgIpc) is 2.90. The number of carbonyl (C=O) groups excluding carboxylic acids is 2. The summed E-state index contributed by atoms with van der Waals surface area (Å²) in [6, 6.07) is 23.3. The molecular weight excluding hydrogens is 476 g/mol. The Morgan fingerprint density at radius 1 is 0.972 bits per heavy atom. The highest BCUT2D eigenvalue weighted by Gasteiger charge is 2.37. The summed E-state index contributed by atoms with van der Waals surface area (Å²) < 4.78 is 17.3. The summed E-state index contributed by atoms with van der Waals surface area (Å²) in [5.74, 6) is 1.39. The molecule has 0 aromatic heterocycles. The van der Waals surface area contributed by atoms with Gasteiger partial charge in [-0.1, -0.05) is 30.3 Å². The van der Waals surface area contributed by atoms with Crippen LogP contribution in [-0.4, -0.2) is 43.4 Å². The van der Waals surface area contributed by atoms with Crippen molar-refractivity contribution in [3.63, 3.8) is 0 Å². The molecule has 0 aliphatic carbocycles. The predicted octanol–water partition coefficient (Wildman–Crippen LogP) is 5.79.